The summed E-state index contributed by atoms with van der Waals surface area (Å²) in [5.74, 6) is 0. The van der Waals surface area contributed by atoms with Crippen LogP contribution in [0.2, 0.25) is 0 Å². The van der Waals surface area contributed by atoms with E-state index in [1.54, 1.807) is 0 Å². The van der Waals surface area contributed by atoms with Gasteiger partial charge in [-0.05, 0) is 91.0 Å². The Kier molecular flexibility index (Phi) is 7.22. The third kappa shape index (κ3) is 5.23. The normalized spacial score (nSPS) is 11.3. The summed E-state index contributed by atoms with van der Waals surface area (Å²) in [4.78, 5) is 2.45. The van der Waals surface area contributed by atoms with E-state index in [2.05, 4.69) is 205 Å². The molecular weight excluding hydrogens is 591 g/mol. The zero-order chi connectivity index (χ0) is 32.6. The van der Waals surface area contributed by atoms with Gasteiger partial charge in [-0.3, -0.25) is 0 Å². The van der Waals surface area contributed by atoms with E-state index >= 15 is 0 Å². The average molecular weight is 624 g/mol. The van der Waals surface area contributed by atoms with Gasteiger partial charge < -0.3 is 4.90 Å². The van der Waals surface area contributed by atoms with Gasteiger partial charge >= 0.3 is 0 Å². The molecule has 0 unspecified atom stereocenters. The Morgan fingerprint density at radius 3 is 1.65 bits per heavy atom. The van der Waals surface area contributed by atoms with Crippen LogP contribution >= 0.6 is 0 Å². The number of para-hydroxylation sites is 2. The molecule has 0 N–H and O–H groups in total. The van der Waals surface area contributed by atoms with Crippen molar-refractivity contribution in [1.29, 1.82) is 0 Å². The van der Waals surface area contributed by atoms with Crippen molar-refractivity contribution >= 4 is 49.4 Å². The van der Waals surface area contributed by atoms with Crippen molar-refractivity contribution in [2.24, 2.45) is 0 Å². The molecule has 230 valence electrons. The topological polar surface area (TPSA) is 3.24 Å². The maximum Gasteiger partial charge on any atom is 0.0540 e. The van der Waals surface area contributed by atoms with Gasteiger partial charge in [-0.2, -0.15) is 0 Å². The number of hydrogen-bond acceptors (Lipinski definition) is 1. The molecule has 9 rings (SSSR count). The van der Waals surface area contributed by atoms with Crippen molar-refractivity contribution in [1.82, 2.24) is 0 Å². The number of benzene rings is 9. The van der Waals surface area contributed by atoms with Crippen LogP contribution in [0, 0.1) is 0 Å². The van der Waals surface area contributed by atoms with Crippen molar-refractivity contribution < 1.29 is 0 Å². The summed E-state index contributed by atoms with van der Waals surface area (Å²) in [6.07, 6.45) is 0. The molecule has 0 amide bonds. The van der Waals surface area contributed by atoms with Gasteiger partial charge in [0.1, 0.15) is 0 Å². The molecular formula is C48H33N. The molecule has 0 aliphatic carbocycles. The van der Waals surface area contributed by atoms with Crippen LogP contribution in [-0.4, -0.2) is 0 Å². The highest BCUT2D eigenvalue weighted by molar-refractivity contribution is 6.15. The zero-order valence-electron chi connectivity index (χ0n) is 27.0. The molecule has 0 heterocycles. The second-order valence-corrected chi connectivity index (χ2v) is 12.5. The molecule has 49 heavy (non-hydrogen) atoms. The fourth-order valence-electron chi connectivity index (χ4n) is 7.31. The zero-order valence-corrected chi connectivity index (χ0v) is 27.0. The third-order valence-corrected chi connectivity index (χ3v) is 9.62. The summed E-state index contributed by atoms with van der Waals surface area (Å²) in [6, 6.07) is 72.5. The molecule has 0 saturated carbocycles. The predicted molar refractivity (Wildman–Crippen MR) is 210 cm³/mol. The predicted octanol–water partition coefficient (Wildman–Crippen LogP) is 13.6. The standard InChI is InChI=1S/C48H33N/c1-2-16-35(17-3-1)42-23-10-12-27-47(42)49(40-21-14-20-37(32-40)38-30-29-34-15-4-5-18-36(34)31-38)48-28-13-11-26-45(48)46-33-39-19-6-7-22-41(39)43-24-8-9-25-44(43)46/h1-33H. The Morgan fingerprint density at radius 2 is 0.837 bits per heavy atom. The van der Waals surface area contributed by atoms with Crippen molar-refractivity contribution in [2.45, 2.75) is 0 Å². The maximum atomic E-state index is 2.45. The first-order chi connectivity index (χ1) is 24.3. The molecule has 0 saturated heterocycles. The van der Waals surface area contributed by atoms with Crippen LogP contribution in [0.25, 0.3) is 65.7 Å². The Hall–Kier alpha value is -6.44. The lowest BCUT2D eigenvalue weighted by Crippen LogP contribution is -2.12. The Balaban J connectivity index is 1.31. The van der Waals surface area contributed by atoms with E-state index in [0.717, 1.165) is 17.1 Å². The molecule has 0 aliphatic heterocycles. The molecule has 0 atom stereocenters. The average Bonchev–Trinajstić information content (AvgIpc) is 3.18. The fourth-order valence-corrected chi connectivity index (χ4v) is 7.31. The smallest absolute Gasteiger partial charge is 0.0540 e. The van der Waals surface area contributed by atoms with Crippen LogP contribution in [0.15, 0.2) is 200 Å². The number of fused-ring (bicyclic) bond motifs is 4. The molecule has 9 aromatic carbocycles. The molecule has 1 nitrogen and oxygen atoms in total. The Morgan fingerprint density at radius 1 is 0.265 bits per heavy atom. The van der Waals surface area contributed by atoms with Crippen LogP contribution < -0.4 is 4.90 Å². The summed E-state index contributed by atoms with van der Waals surface area (Å²) < 4.78 is 0. The van der Waals surface area contributed by atoms with E-state index in [1.807, 2.05) is 0 Å². The summed E-state index contributed by atoms with van der Waals surface area (Å²) >= 11 is 0. The minimum atomic E-state index is 1.10. The molecule has 0 bridgehead atoms. The number of rotatable bonds is 6. The SMILES string of the molecule is c1ccc(-c2ccccc2N(c2cccc(-c3ccc4ccccc4c3)c2)c2ccccc2-c2cc3ccccc3c3ccccc23)cc1. The van der Waals surface area contributed by atoms with E-state index in [1.165, 1.54) is 65.7 Å². The summed E-state index contributed by atoms with van der Waals surface area (Å²) in [6.45, 7) is 0. The molecule has 0 aromatic heterocycles. The van der Waals surface area contributed by atoms with Crippen LogP contribution in [0.5, 0.6) is 0 Å². The monoisotopic (exact) mass is 623 g/mol. The molecule has 1 heteroatoms. The van der Waals surface area contributed by atoms with Gasteiger partial charge in [0.15, 0.2) is 0 Å². The van der Waals surface area contributed by atoms with Gasteiger partial charge in [0, 0.05) is 16.8 Å². The second kappa shape index (κ2) is 12.3. The van der Waals surface area contributed by atoms with Gasteiger partial charge in [0.25, 0.3) is 0 Å². The van der Waals surface area contributed by atoms with E-state index in [-0.39, 0.29) is 0 Å². The van der Waals surface area contributed by atoms with Crippen LogP contribution in [0.1, 0.15) is 0 Å². The van der Waals surface area contributed by atoms with E-state index < -0.39 is 0 Å². The molecule has 0 radical (unpaired) electrons. The van der Waals surface area contributed by atoms with Gasteiger partial charge in [-0.1, -0.05) is 164 Å². The summed E-state index contributed by atoms with van der Waals surface area (Å²) in [5.41, 5.74) is 10.5. The lowest BCUT2D eigenvalue weighted by Gasteiger charge is -2.30. The quantitative estimate of drug-likeness (QED) is 0.167. The van der Waals surface area contributed by atoms with Crippen LogP contribution in [0.4, 0.5) is 17.1 Å². The van der Waals surface area contributed by atoms with Crippen molar-refractivity contribution in [3.05, 3.63) is 200 Å². The minimum Gasteiger partial charge on any atom is -0.309 e. The highest BCUT2D eigenvalue weighted by atomic mass is 15.1. The fraction of sp³-hybridized carbons (Fsp3) is 0. The van der Waals surface area contributed by atoms with E-state index in [0.29, 0.717) is 0 Å². The van der Waals surface area contributed by atoms with Crippen LogP contribution in [-0.2, 0) is 0 Å². The first-order valence-corrected chi connectivity index (χ1v) is 16.9. The molecule has 0 fully saturated rings. The van der Waals surface area contributed by atoms with Crippen molar-refractivity contribution in [3.63, 3.8) is 0 Å². The lowest BCUT2D eigenvalue weighted by molar-refractivity contribution is 1.28. The number of hydrogen-bond donors (Lipinski definition) is 0. The van der Waals surface area contributed by atoms with Gasteiger partial charge in [0.2, 0.25) is 0 Å². The third-order valence-electron chi connectivity index (χ3n) is 9.62. The molecule has 9 aromatic rings. The lowest BCUT2D eigenvalue weighted by atomic mass is 9.91. The number of nitrogens with zero attached hydrogens (tertiary/aromatic N) is 1. The maximum absolute atomic E-state index is 2.45. The second-order valence-electron chi connectivity index (χ2n) is 12.5. The molecule has 0 aliphatic rings. The summed E-state index contributed by atoms with van der Waals surface area (Å²) in [7, 11) is 0. The van der Waals surface area contributed by atoms with Gasteiger partial charge in [-0.25, -0.2) is 0 Å². The summed E-state index contributed by atoms with van der Waals surface area (Å²) in [5, 5.41) is 7.51. The van der Waals surface area contributed by atoms with Crippen LogP contribution in [0.3, 0.4) is 0 Å². The number of anilines is 3. The first kappa shape index (κ1) is 28.8. The largest absolute Gasteiger partial charge is 0.309 e. The van der Waals surface area contributed by atoms with Gasteiger partial charge in [0.05, 0.1) is 11.4 Å². The highest BCUT2D eigenvalue weighted by Crippen LogP contribution is 2.47. The minimum absolute atomic E-state index is 1.10. The first-order valence-electron chi connectivity index (χ1n) is 16.9. The van der Waals surface area contributed by atoms with E-state index in [4.69, 9.17) is 0 Å². The van der Waals surface area contributed by atoms with Crippen molar-refractivity contribution in [3.8, 4) is 33.4 Å². The van der Waals surface area contributed by atoms with E-state index in [9.17, 15) is 0 Å². The Labute approximate surface area is 287 Å². The van der Waals surface area contributed by atoms with Gasteiger partial charge in [-0.15, -0.1) is 0 Å². The van der Waals surface area contributed by atoms with Crippen molar-refractivity contribution in [2.75, 3.05) is 4.90 Å². The Bertz CT molecular complexity index is 2620. The molecule has 0 spiro atoms. The highest BCUT2D eigenvalue weighted by Gasteiger charge is 2.22.